The summed E-state index contributed by atoms with van der Waals surface area (Å²) in [5, 5.41) is 0. The van der Waals surface area contributed by atoms with Crippen LogP contribution in [-0.4, -0.2) is 11.6 Å². The van der Waals surface area contributed by atoms with Crippen LogP contribution in [-0.2, 0) is 0 Å². The number of carbonyl (C=O) groups is 2. The van der Waals surface area contributed by atoms with Crippen molar-refractivity contribution in [1.29, 1.82) is 0 Å². The lowest BCUT2D eigenvalue weighted by molar-refractivity contribution is 0.103. The van der Waals surface area contributed by atoms with Crippen molar-refractivity contribution in [2.45, 2.75) is 0 Å². The zero-order valence-corrected chi connectivity index (χ0v) is 15.9. The molecular weight excluding hydrogens is 358 g/mol. The quantitative estimate of drug-likeness (QED) is 0.380. The number of benzene rings is 4. The molecule has 29 heavy (non-hydrogen) atoms. The van der Waals surface area contributed by atoms with Crippen molar-refractivity contribution < 1.29 is 9.59 Å². The minimum atomic E-state index is 0.0237. The lowest BCUT2D eigenvalue weighted by atomic mass is 10.0. The predicted molar refractivity (Wildman–Crippen MR) is 117 cm³/mol. The molecule has 3 nitrogen and oxygen atoms in total. The Hall–Kier alpha value is -3.98. The van der Waals surface area contributed by atoms with Gasteiger partial charge in [0, 0.05) is 27.9 Å². The van der Waals surface area contributed by atoms with Crippen LogP contribution >= 0.6 is 0 Å². The molecule has 0 atom stereocenters. The Kier molecular flexibility index (Phi) is 6.69. The third-order valence-corrected chi connectivity index (χ3v) is 4.28. The Morgan fingerprint density at radius 3 is 1.00 bits per heavy atom. The number of nitrogen functional groups attached to an aromatic ring is 1. The minimum Gasteiger partial charge on any atom is -0.399 e. The Labute approximate surface area is 170 Å². The van der Waals surface area contributed by atoms with Crippen LogP contribution in [0.2, 0.25) is 0 Å². The first-order valence-corrected chi connectivity index (χ1v) is 9.25. The molecule has 142 valence electrons. The van der Waals surface area contributed by atoms with Crippen molar-refractivity contribution >= 4 is 17.3 Å². The number of carbonyl (C=O) groups excluding carboxylic acids is 2. The SMILES string of the molecule is Nc1ccc(C(=O)c2ccccc2)cc1.O=C(c1ccccc1)c1ccccc1. The first-order chi connectivity index (χ1) is 14.1. The van der Waals surface area contributed by atoms with Crippen LogP contribution in [0.1, 0.15) is 31.8 Å². The summed E-state index contributed by atoms with van der Waals surface area (Å²) in [4.78, 5) is 23.8. The summed E-state index contributed by atoms with van der Waals surface area (Å²) in [6, 6.07) is 34.8. The van der Waals surface area contributed by atoms with Crippen LogP contribution in [0.3, 0.4) is 0 Å². The molecule has 4 aromatic rings. The van der Waals surface area contributed by atoms with Crippen molar-refractivity contribution in [3.05, 3.63) is 138 Å². The Balaban J connectivity index is 0.000000166. The lowest BCUT2D eigenvalue weighted by Crippen LogP contribution is -2.00. The predicted octanol–water partition coefficient (Wildman–Crippen LogP) is 5.42. The summed E-state index contributed by atoms with van der Waals surface area (Å²) in [5.74, 6) is 0.0989. The van der Waals surface area contributed by atoms with Crippen LogP contribution in [0.25, 0.3) is 0 Å². The smallest absolute Gasteiger partial charge is 0.193 e. The normalized spacial score (nSPS) is 9.79. The summed E-state index contributed by atoms with van der Waals surface area (Å²) in [6.45, 7) is 0. The highest BCUT2D eigenvalue weighted by Gasteiger charge is 2.07. The summed E-state index contributed by atoms with van der Waals surface area (Å²) in [5.41, 5.74) is 9.05. The van der Waals surface area contributed by atoms with E-state index in [-0.39, 0.29) is 11.6 Å². The molecule has 4 rings (SSSR count). The van der Waals surface area contributed by atoms with Crippen LogP contribution in [0.5, 0.6) is 0 Å². The van der Waals surface area contributed by atoms with Crippen molar-refractivity contribution in [1.82, 2.24) is 0 Å². The topological polar surface area (TPSA) is 60.2 Å². The first kappa shape index (κ1) is 19.8. The van der Waals surface area contributed by atoms with Gasteiger partial charge < -0.3 is 5.73 Å². The van der Waals surface area contributed by atoms with Gasteiger partial charge >= 0.3 is 0 Å². The van der Waals surface area contributed by atoms with E-state index in [1.165, 1.54) is 0 Å². The summed E-state index contributed by atoms with van der Waals surface area (Å²) in [7, 11) is 0. The molecule has 0 spiro atoms. The molecule has 0 amide bonds. The molecule has 0 aliphatic carbocycles. The molecule has 0 radical (unpaired) electrons. The maximum absolute atomic E-state index is 11.9. The van der Waals surface area contributed by atoms with Gasteiger partial charge in [0.15, 0.2) is 11.6 Å². The van der Waals surface area contributed by atoms with E-state index in [4.69, 9.17) is 5.73 Å². The van der Waals surface area contributed by atoms with Gasteiger partial charge in [-0.05, 0) is 24.3 Å². The molecule has 0 aromatic heterocycles. The molecule has 0 aliphatic heterocycles. The molecule has 2 N–H and O–H groups in total. The molecule has 0 saturated carbocycles. The standard InChI is InChI=1S/C13H11NO.C13H10O/c14-12-8-6-11(7-9-12)13(15)10-4-2-1-3-5-10;14-13(11-7-3-1-4-8-11)12-9-5-2-6-10-12/h1-9H,14H2;1-10H. The third-order valence-electron chi connectivity index (χ3n) is 4.28. The van der Waals surface area contributed by atoms with Crippen molar-refractivity contribution in [3.63, 3.8) is 0 Å². The monoisotopic (exact) mass is 379 g/mol. The highest BCUT2D eigenvalue weighted by molar-refractivity contribution is 6.09. The minimum absolute atomic E-state index is 0.0237. The van der Waals surface area contributed by atoms with Crippen LogP contribution < -0.4 is 5.73 Å². The van der Waals surface area contributed by atoms with E-state index in [2.05, 4.69) is 0 Å². The number of rotatable bonds is 4. The number of hydrogen-bond donors (Lipinski definition) is 1. The summed E-state index contributed by atoms with van der Waals surface area (Å²) >= 11 is 0. The van der Waals surface area contributed by atoms with Crippen molar-refractivity contribution in [2.75, 3.05) is 5.73 Å². The zero-order valence-electron chi connectivity index (χ0n) is 15.9. The maximum atomic E-state index is 11.9. The van der Waals surface area contributed by atoms with Gasteiger partial charge in [-0.15, -0.1) is 0 Å². The maximum Gasteiger partial charge on any atom is 0.193 e. The molecular formula is C26H21NO2. The second kappa shape index (κ2) is 9.81. The first-order valence-electron chi connectivity index (χ1n) is 9.25. The fourth-order valence-corrected chi connectivity index (χ4v) is 2.74. The molecule has 0 bridgehead atoms. The van der Waals surface area contributed by atoms with E-state index in [1.807, 2.05) is 78.9 Å². The van der Waals surface area contributed by atoms with Gasteiger partial charge in [0.1, 0.15) is 0 Å². The molecule has 3 heteroatoms. The van der Waals surface area contributed by atoms with Gasteiger partial charge in [-0.1, -0.05) is 91.0 Å². The molecule has 0 fully saturated rings. The average Bonchev–Trinajstić information content (AvgIpc) is 2.81. The van der Waals surface area contributed by atoms with Gasteiger partial charge in [-0.3, -0.25) is 9.59 Å². The lowest BCUT2D eigenvalue weighted by Gasteiger charge is -2.00. The second-order valence-electron chi connectivity index (χ2n) is 6.38. The molecule has 4 aromatic carbocycles. The summed E-state index contributed by atoms with van der Waals surface area (Å²) < 4.78 is 0. The molecule has 0 unspecified atom stereocenters. The molecule has 0 aliphatic rings. The van der Waals surface area contributed by atoms with Gasteiger partial charge in [0.2, 0.25) is 0 Å². The van der Waals surface area contributed by atoms with Gasteiger partial charge in [-0.25, -0.2) is 0 Å². The number of hydrogen-bond acceptors (Lipinski definition) is 3. The van der Waals surface area contributed by atoms with E-state index in [0.717, 1.165) is 11.1 Å². The number of anilines is 1. The summed E-state index contributed by atoms with van der Waals surface area (Å²) in [6.07, 6.45) is 0. The largest absolute Gasteiger partial charge is 0.399 e. The van der Waals surface area contributed by atoms with Crippen LogP contribution in [0.15, 0.2) is 115 Å². The second-order valence-corrected chi connectivity index (χ2v) is 6.38. The van der Waals surface area contributed by atoms with Crippen molar-refractivity contribution in [3.8, 4) is 0 Å². The van der Waals surface area contributed by atoms with E-state index in [9.17, 15) is 9.59 Å². The van der Waals surface area contributed by atoms with E-state index in [1.54, 1.807) is 36.4 Å². The average molecular weight is 379 g/mol. The zero-order chi connectivity index (χ0) is 20.5. The highest BCUT2D eigenvalue weighted by atomic mass is 16.1. The van der Waals surface area contributed by atoms with Gasteiger partial charge in [-0.2, -0.15) is 0 Å². The van der Waals surface area contributed by atoms with E-state index < -0.39 is 0 Å². The Morgan fingerprint density at radius 2 is 0.690 bits per heavy atom. The number of ketones is 2. The van der Waals surface area contributed by atoms with Crippen LogP contribution in [0, 0.1) is 0 Å². The Bertz CT molecular complexity index is 1020. The highest BCUT2D eigenvalue weighted by Crippen LogP contribution is 2.11. The Morgan fingerprint density at radius 1 is 0.414 bits per heavy atom. The van der Waals surface area contributed by atoms with Crippen molar-refractivity contribution in [2.24, 2.45) is 0 Å². The molecule has 0 saturated heterocycles. The van der Waals surface area contributed by atoms with E-state index >= 15 is 0 Å². The number of nitrogens with two attached hydrogens (primary N) is 1. The molecule has 0 heterocycles. The third kappa shape index (κ3) is 5.50. The van der Waals surface area contributed by atoms with Crippen LogP contribution in [0.4, 0.5) is 5.69 Å². The fraction of sp³-hybridized carbons (Fsp3) is 0. The van der Waals surface area contributed by atoms with Gasteiger partial charge in [0.05, 0.1) is 0 Å². The van der Waals surface area contributed by atoms with E-state index in [0.29, 0.717) is 16.8 Å². The van der Waals surface area contributed by atoms with Gasteiger partial charge in [0.25, 0.3) is 0 Å². The fourth-order valence-electron chi connectivity index (χ4n) is 2.74.